The zero-order valence-corrected chi connectivity index (χ0v) is 14.6. The van der Waals surface area contributed by atoms with E-state index in [0.29, 0.717) is 0 Å². The van der Waals surface area contributed by atoms with Crippen LogP contribution in [0, 0.1) is 5.92 Å². The van der Waals surface area contributed by atoms with Crippen LogP contribution < -0.4 is 0 Å². The summed E-state index contributed by atoms with van der Waals surface area (Å²) in [6, 6.07) is 0. The predicted molar refractivity (Wildman–Crippen MR) is 82.4 cm³/mol. The summed E-state index contributed by atoms with van der Waals surface area (Å²) in [4.78, 5) is 23.7. The molecule has 0 aliphatic heterocycles. The van der Waals surface area contributed by atoms with Gasteiger partial charge in [-0.3, -0.25) is 9.59 Å². The summed E-state index contributed by atoms with van der Waals surface area (Å²) in [6.45, 7) is 6.51. The van der Waals surface area contributed by atoms with Crippen LogP contribution in [-0.4, -0.2) is 45.4 Å². The molecule has 0 fully saturated rings. The first-order chi connectivity index (χ1) is 9.72. The molecule has 0 radical (unpaired) electrons. The molecule has 0 saturated heterocycles. The summed E-state index contributed by atoms with van der Waals surface area (Å²) in [5.41, 5.74) is 1.04. The van der Waals surface area contributed by atoms with Gasteiger partial charge in [-0.1, -0.05) is 30.4 Å². The molecule has 0 aromatic heterocycles. The third kappa shape index (κ3) is 4.41. The average molecular weight is 314 g/mol. The van der Waals surface area contributed by atoms with Crippen LogP contribution in [0.15, 0.2) is 10.8 Å². The van der Waals surface area contributed by atoms with Gasteiger partial charge in [-0.15, -0.1) is 0 Å². The Morgan fingerprint density at radius 2 is 1.76 bits per heavy atom. The minimum atomic E-state index is -1.71. The van der Waals surface area contributed by atoms with Crippen LogP contribution in [0.2, 0.25) is 19.6 Å². The summed E-state index contributed by atoms with van der Waals surface area (Å²) in [5.74, 6) is -2.10. The van der Waals surface area contributed by atoms with Gasteiger partial charge in [-0.05, 0) is 25.7 Å². The van der Waals surface area contributed by atoms with E-state index in [9.17, 15) is 14.7 Å². The van der Waals surface area contributed by atoms with E-state index in [-0.39, 0.29) is 6.42 Å². The molecule has 1 atom stereocenters. The number of allylic oxidation sites excluding steroid dienone is 1. The molecule has 0 saturated carbocycles. The SMILES string of the molecule is COC(=O)C(CC1=C([Si](C)(C)C)C(O)CCC1)C(=O)OC. The second-order valence-corrected chi connectivity index (χ2v) is 11.5. The molecule has 1 unspecified atom stereocenters. The highest BCUT2D eigenvalue weighted by atomic mass is 28.3. The van der Waals surface area contributed by atoms with E-state index in [2.05, 4.69) is 19.6 Å². The van der Waals surface area contributed by atoms with Crippen LogP contribution in [-0.2, 0) is 19.1 Å². The van der Waals surface area contributed by atoms with Gasteiger partial charge in [-0.25, -0.2) is 0 Å². The zero-order chi connectivity index (χ0) is 16.2. The maximum absolute atomic E-state index is 11.8. The van der Waals surface area contributed by atoms with Crippen molar-refractivity contribution in [2.24, 2.45) is 5.92 Å². The third-order valence-electron chi connectivity index (χ3n) is 3.90. The molecule has 1 N–H and O–H groups in total. The molecule has 0 aromatic carbocycles. The highest BCUT2D eigenvalue weighted by molar-refractivity contribution is 6.83. The van der Waals surface area contributed by atoms with E-state index >= 15 is 0 Å². The highest BCUT2D eigenvalue weighted by Gasteiger charge is 2.36. The summed E-state index contributed by atoms with van der Waals surface area (Å²) < 4.78 is 9.42. The lowest BCUT2D eigenvalue weighted by Gasteiger charge is -2.34. The molecule has 0 heterocycles. The average Bonchev–Trinajstić information content (AvgIpc) is 2.41. The fourth-order valence-corrected chi connectivity index (χ4v) is 5.49. The quantitative estimate of drug-likeness (QED) is 0.478. The van der Waals surface area contributed by atoms with E-state index < -0.39 is 32.0 Å². The monoisotopic (exact) mass is 314 g/mol. The molecule has 1 aliphatic carbocycles. The first-order valence-electron chi connectivity index (χ1n) is 7.28. The second-order valence-electron chi connectivity index (χ2n) is 6.48. The fourth-order valence-electron chi connectivity index (χ4n) is 3.06. The van der Waals surface area contributed by atoms with Gasteiger partial charge in [-0.2, -0.15) is 0 Å². The van der Waals surface area contributed by atoms with Crippen LogP contribution >= 0.6 is 0 Å². The van der Waals surface area contributed by atoms with Gasteiger partial charge in [0.05, 0.1) is 28.4 Å². The maximum atomic E-state index is 11.8. The largest absolute Gasteiger partial charge is 0.468 e. The Balaban J connectivity index is 3.14. The summed E-state index contributed by atoms with van der Waals surface area (Å²) >= 11 is 0. The molecule has 0 spiro atoms. The second kappa shape index (κ2) is 7.22. The molecule has 0 aromatic rings. The molecule has 21 heavy (non-hydrogen) atoms. The molecule has 120 valence electrons. The van der Waals surface area contributed by atoms with Crippen molar-refractivity contribution in [1.29, 1.82) is 0 Å². The van der Waals surface area contributed by atoms with Gasteiger partial charge in [0, 0.05) is 0 Å². The Labute approximate surface area is 127 Å². The molecule has 5 nitrogen and oxygen atoms in total. The molecule has 0 bridgehead atoms. The first kappa shape index (κ1) is 17.9. The molecular formula is C15H26O5Si. The maximum Gasteiger partial charge on any atom is 0.320 e. The number of aliphatic hydroxyl groups is 1. The van der Waals surface area contributed by atoms with Crippen molar-refractivity contribution in [1.82, 2.24) is 0 Å². The van der Waals surface area contributed by atoms with Gasteiger partial charge in [0.25, 0.3) is 0 Å². The van der Waals surface area contributed by atoms with Crippen LogP contribution in [0.1, 0.15) is 25.7 Å². The van der Waals surface area contributed by atoms with Gasteiger partial charge in [0.2, 0.25) is 0 Å². The number of methoxy groups -OCH3 is 2. The standard InChI is InChI=1S/C15H26O5Si/c1-19-14(17)11(15(18)20-2)9-10-7-6-8-12(16)13(10)21(3,4)5/h11-12,16H,6-9H2,1-5H3. The summed E-state index contributed by atoms with van der Waals surface area (Å²) in [6.07, 6.45) is 2.29. The van der Waals surface area contributed by atoms with Gasteiger partial charge in [0.15, 0.2) is 5.92 Å². The van der Waals surface area contributed by atoms with Crippen molar-refractivity contribution in [3.8, 4) is 0 Å². The van der Waals surface area contributed by atoms with Crippen molar-refractivity contribution in [2.75, 3.05) is 14.2 Å². The Bertz CT molecular complexity index is 420. The van der Waals surface area contributed by atoms with Gasteiger partial charge < -0.3 is 14.6 Å². The summed E-state index contributed by atoms with van der Waals surface area (Å²) in [5, 5.41) is 11.4. The highest BCUT2D eigenvalue weighted by Crippen LogP contribution is 2.35. The normalized spacial score (nSPS) is 19.7. The number of rotatable bonds is 5. The minimum absolute atomic E-state index is 0.288. The van der Waals surface area contributed by atoms with Crippen LogP contribution in [0.5, 0.6) is 0 Å². The van der Waals surface area contributed by atoms with Crippen LogP contribution in [0.25, 0.3) is 0 Å². The number of hydrogen-bond acceptors (Lipinski definition) is 5. The van der Waals surface area contributed by atoms with Crippen molar-refractivity contribution in [3.63, 3.8) is 0 Å². The minimum Gasteiger partial charge on any atom is -0.468 e. The third-order valence-corrected chi connectivity index (χ3v) is 6.20. The lowest BCUT2D eigenvalue weighted by Crippen LogP contribution is -2.37. The van der Waals surface area contributed by atoms with Crippen LogP contribution in [0.4, 0.5) is 0 Å². The molecular weight excluding hydrogens is 288 g/mol. The van der Waals surface area contributed by atoms with Crippen molar-refractivity contribution in [3.05, 3.63) is 10.8 Å². The lowest BCUT2D eigenvalue weighted by atomic mass is 9.89. The lowest BCUT2D eigenvalue weighted by molar-refractivity contribution is -0.158. The number of aliphatic hydroxyl groups excluding tert-OH is 1. The molecule has 1 rings (SSSR count). The Morgan fingerprint density at radius 1 is 1.24 bits per heavy atom. The number of esters is 2. The van der Waals surface area contributed by atoms with E-state index in [1.807, 2.05) is 0 Å². The van der Waals surface area contributed by atoms with Gasteiger partial charge in [0.1, 0.15) is 0 Å². The smallest absolute Gasteiger partial charge is 0.320 e. The van der Waals surface area contributed by atoms with Crippen molar-refractivity contribution in [2.45, 2.75) is 51.4 Å². The molecule has 0 amide bonds. The molecule has 6 heteroatoms. The van der Waals surface area contributed by atoms with Gasteiger partial charge >= 0.3 is 11.9 Å². The number of ether oxygens (including phenoxy) is 2. The fraction of sp³-hybridized carbons (Fsp3) is 0.733. The number of carbonyl (C=O) groups is 2. The Morgan fingerprint density at radius 3 is 2.19 bits per heavy atom. The van der Waals surface area contributed by atoms with Crippen molar-refractivity contribution >= 4 is 20.0 Å². The zero-order valence-electron chi connectivity index (χ0n) is 13.6. The summed E-state index contributed by atoms with van der Waals surface area (Å²) in [7, 11) is 0.817. The van der Waals surface area contributed by atoms with E-state index in [1.54, 1.807) is 0 Å². The number of hydrogen-bond donors (Lipinski definition) is 1. The molecule has 1 aliphatic rings. The van der Waals surface area contributed by atoms with Crippen molar-refractivity contribution < 1.29 is 24.2 Å². The van der Waals surface area contributed by atoms with E-state index in [0.717, 1.165) is 30.0 Å². The Kier molecular flexibility index (Phi) is 6.16. The van der Waals surface area contributed by atoms with E-state index in [4.69, 9.17) is 9.47 Å². The van der Waals surface area contributed by atoms with E-state index in [1.165, 1.54) is 14.2 Å². The predicted octanol–water partition coefficient (Wildman–Crippen LogP) is 2.06. The van der Waals surface area contributed by atoms with Crippen LogP contribution in [0.3, 0.4) is 0 Å². The topological polar surface area (TPSA) is 72.8 Å². The first-order valence-corrected chi connectivity index (χ1v) is 10.8. The Hall–Kier alpha value is -1.14. The number of carbonyl (C=O) groups excluding carboxylic acids is 2.